The summed E-state index contributed by atoms with van der Waals surface area (Å²) >= 11 is 0. The summed E-state index contributed by atoms with van der Waals surface area (Å²) < 4.78 is 89.0. The van der Waals surface area contributed by atoms with E-state index in [1.807, 2.05) is 0 Å². The lowest BCUT2D eigenvalue weighted by Crippen LogP contribution is -2.60. The maximum atomic E-state index is 13.2. The third-order valence-corrected chi connectivity index (χ3v) is 8.44. The lowest BCUT2D eigenvalue weighted by atomic mass is 9.86. The standard InChI is InChI=1S/C22H30F4N4O5S/c1-13(2)35-20(31)30-7-3-4-17(29-36(32,33)22(24,25)26)18(30)12-34-16-5-6-21(9-14(21)8-16)19-27-10-15(23)11-28-19/h10-11,13-14,16-18,29H,3-9,12H2,1-2H3/t14?,16?,17-,18-,21+/m0/s1. The van der Waals surface area contributed by atoms with Gasteiger partial charge in [0.25, 0.3) is 0 Å². The number of nitrogens with zero attached hydrogens (tertiary/aromatic N) is 3. The number of fused-ring (bicyclic) bond motifs is 1. The number of rotatable bonds is 7. The van der Waals surface area contributed by atoms with E-state index in [0.29, 0.717) is 31.5 Å². The first-order valence-electron chi connectivity index (χ1n) is 12.0. The molecule has 2 unspecified atom stereocenters. The third-order valence-electron chi connectivity index (χ3n) is 7.22. The molecule has 14 heteroatoms. The lowest BCUT2D eigenvalue weighted by Gasteiger charge is -2.41. The number of ether oxygens (including phenoxy) is 2. The molecule has 202 valence electrons. The number of carbonyl (C=O) groups is 1. The maximum absolute atomic E-state index is 13.2. The summed E-state index contributed by atoms with van der Waals surface area (Å²) in [5.41, 5.74) is -5.68. The second-order valence-corrected chi connectivity index (χ2v) is 11.7. The zero-order valence-electron chi connectivity index (χ0n) is 20.0. The molecule has 3 aliphatic rings. The lowest BCUT2D eigenvalue weighted by molar-refractivity contribution is -0.0480. The molecule has 1 aromatic rings. The van der Waals surface area contributed by atoms with Gasteiger partial charge in [0, 0.05) is 18.0 Å². The van der Waals surface area contributed by atoms with Gasteiger partial charge in [-0.15, -0.1) is 0 Å². The summed E-state index contributed by atoms with van der Waals surface area (Å²) in [5.74, 6) is 0.326. The second kappa shape index (κ2) is 10.0. The van der Waals surface area contributed by atoms with Crippen molar-refractivity contribution < 1.29 is 40.2 Å². The number of sulfonamides is 1. The predicted octanol–water partition coefficient (Wildman–Crippen LogP) is 3.26. The van der Waals surface area contributed by atoms with Crippen molar-refractivity contribution in [3.8, 4) is 0 Å². The van der Waals surface area contributed by atoms with Gasteiger partial charge >= 0.3 is 21.6 Å². The van der Waals surface area contributed by atoms with Crippen LogP contribution < -0.4 is 4.72 Å². The molecule has 36 heavy (non-hydrogen) atoms. The number of halogens is 4. The van der Waals surface area contributed by atoms with E-state index in [1.165, 1.54) is 4.90 Å². The molecular weight excluding hydrogens is 508 g/mol. The van der Waals surface area contributed by atoms with Crippen molar-refractivity contribution in [3.05, 3.63) is 24.0 Å². The number of piperidine rings is 1. The highest BCUT2D eigenvalue weighted by Crippen LogP contribution is 2.61. The first kappa shape index (κ1) is 27.0. The fourth-order valence-corrected chi connectivity index (χ4v) is 6.16. The number of likely N-dealkylation sites (tertiary alicyclic amines) is 1. The molecule has 4 rings (SSSR count). The third kappa shape index (κ3) is 5.59. The van der Waals surface area contributed by atoms with Crippen LogP contribution in [0.25, 0.3) is 0 Å². The highest BCUT2D eigenvalue weighted by Gasteiger charge is 2.60. The van der Waals surface area contributed by atoms with E-state index >= 15 is 0 Å². The summed E-state index contributed by atoms with van der Waals surface area (Å²) in [6, 6.07) is -2.14. The minimum absolute atomic E-state index is 0.118. The number of amides is 1. The van der Waals surface area contributed by atoms with Crippen LogP contribution in [0.3, 0.4) is 0 Å². The molecule has 9 nitrogen and oxygen atoms in total. The molecule has 1 aliphatic heterocycles. The van der Waals surface area contributed by atoms with Gasteiger partial charge in [0.05, 0.1) is 37.3 Å². The van der Waals surface area contributed by atoms with Gasteiger partial charge in [0.2, 0.25) is 0 Å². The van der Waals surface area contributed by atoms with Gasteiger partial charge in [-0.1, -0.05) is 0 Å². The van der Waals surface area contributed by atoms with Gasteiger partial charge in [-0.05, 0) is 58.3 Å². The smallest absolute Gasteiger partial charge is 0.447 e. The molecule has 0 spiro atoms. The molecule has 2 aliphatic carbocycles. The molecular formula is C22H30F4N4O5S. The number of aromatic nitrogens is 2. The molecule has 3 fully saturated rings. The van der Waals surface area contributed by atoms with Crippen LogP contribution in [0, 0.1) is 11.7 Å². The average molecular weight is 539 g/mol. The summed E-state index contributed by atoms with van der Waals surface area (Å²) in [7, 11) is -5.61. The van der Waals surface area contributed by atoms with Crippen LogP contribution >= 0.6 is 0 Å². The Morgan fingerprint density at radius 2 is 1.97 bits per heavy atom. The Kier molecular flexibility index (Phi) is 7.50. The summed E-state index contributed by atoms with van der Waals surface area (Å²) in [4.78, 5) is 22.2. The number of hydrogen-bond donors (Lipinski definition) is 1. The first-order chi connectivity index (χ1) is 16.8. The quantitative estimate of drug-likeness (QED) is 0.531. The van der Waals surface area contributed by atoms with Gasteiger partial charge in [-0.3, -0.25) is 0 Å². The first-order valence-corrected chi connectivity index (χ1v) is 13.5. The minimum atomic E-state index is -5.61. The zero-order chi connectivity index (χ0) is 26.3. The Morgan fingerprint density at radius 3 is 2.58 bits per heavy atom. The molecule has 1 amide bonds. The molecule has 1 saturated heterocycles. The van der Waals surface area contributed by atoms with E-state index in [2.05, 4.69) is 9.97 Å². The van der Waals surface area contributed by atoms with Crippen LogP contribution in [0.2, 0.25) is 0 Å². The molecule has 0 aromatic carbocycles. The number of carbonyl (C=O) groups excluding carboxylic acids is 1. The van der Waals surface area contributed by atoms with Crippen molar-refractivity contribution in [2.75, 3.05) is 13.2 Å². The van der Waals surface area contributed by atoms with Crippen molar-refractivity contribution in [1.29, 1.82) is 0 Å². The van der Waals surface area contributed by atoms with E-state index in [4.69, 9.17) is 9.47 Å². The average Bonchev–Trinajstić information content (AvgIpc) is 3.52. The van der Waals surface area contributed by atoms with E-state index in [1.54, 1.807) is 18.6 Å². The van der Waals surface area contributed by atoms with Crippen LogP contribution in [-0.2, 0) is 24.9 Å². The number of nitrogens with one attached hydrogen (secondary N) is 1. The molecule has 0 radical (unpaired) electrons. The second-order valence-electron chi connectivity index (χ2n) is 10.0. The monoisotopic (exact) mass is 538 g/mol. The Hall–Kier alpha value is -2.06. The zero-order valence-corrected chi connectivity index (χ0v) is 20.8. The Labute approximate surface area is 207 Å². The Morgan fingerprint density at radius 1 is 1.28 bits per heavy atom. The van der Waals surface area contributed by atoms with Crippen LogP contribution in [0.1, 0.15) is 58.2 Å². The topological polar surface area (TPSA) is 111 Å². The van der Waals surface area contributed by atoms with Gasteiger partial charge in [-0.25, -0.2) is 32.3 Å². The Balaban J connectivity index is 1.43. The van der Waals surface area contributed by atoms with Crippen LogP contribution in [0.5, 0.6) is 0 Å². The van der Waals surface area contributed by atoms with Gasteiger partial charge in [-0.2, -0.15) is 13.2 Å². The number of hydrogen-bond acceptors (Lipinski definition) is 7. The molecule has 2 heterocycles. The molecule has 5 atom stereocenters. The fraction of sp³-hybridized carbons (Fsp3) is 0.773. The highest BCUT2D eigenvalue weighted by molar-refractivity contribution is 7.90. The largest absolute Gasteiger partial charge is 0.511 e. The van der Waals surface area contributed by atoms with Crippen molar-refractivity contribution >= 4 is 16.1 Å². The van der Waals surface area contributed by atoms with Crippen LogP contribution in [-0.4, -0.2) is 72.3 Å². The normalized spacial score (nSPS) is 30.7. The van der Waals surface area contributed by atoms with E-state index in [-0.39, 0.29) is 37.0 Å². The SMILES string of the molecule is CC(C)OC(=O)N1CCC[C@H](NS(=O)(=O)C(F)(F)F)[C@@H]1COC1CC[C@@]2(c3ncc(F)cn3)CC2C1. The fourth-order valence-electron chi connectivity index (χ4n) is 5.35. The highest BCUT2D eigenvalue weighted by atomic mass is 32.2. The molecule has 0 bridgehead atoms. The Bertz CT molecular complexity index is 1060. The molecule has 2 saturated carbocycles. The maximum Gasteiger partial charge on any atom is 0.511 e. The molecule has 1 N–H and O–H groups in total. The van der Waals surface area contributed by atoms with Crippen molar-refractivity contribution in [1.82, 2.24) is 19.6 Å². The summed E-state index contributed by atoms with van der Waals surface area (Å²) in [5, 5.41) is 0. The van der Waals surface area contributed by atoms with Crippen LogP contribution in [0.15, 0.2) is 12.4 Å². The summed E-state index contributed by atoms with van der Waals surface area (Å²) in [6.07, 6.45) is 4.13. The van der Waals surface area contributed by atoms with Crippen molar-refractivity contribution in [3.63, 3.8) is 0 Å². The van der Waals surface area contributed by atoms with Crippen molar-refractivity contribution in [2.45, 2.75) is 87.6 Å². The molecule has 1 aromatic heterocycles. The van der Waals surface area contributed by atoms with Crippen LogP contribution in [0.4, 0.5) is 22.4 Å². The number of alkyl halides is 3. The summed E-state index contributed by atoms with van der Waals surface area (Å²) in [6.45, 7) is 3.36. The van der Waals surface area contributed by atoms with Gasteiger partial charge in [0.15, 0.2) is 5.82 Å². The van der Waals surface area contributed by atoms with Gasteiger partial charge < -0.3 is 14.4 Å². The van der Waals surface area contributed by atoms with Crippen molar-refractivity contribution in [2.24, 2.45) is 5.92 Å². The van der Waals surface area contributed by atoms with E-state index in [9.17, 15) is 30.8 Å². The predicted molar refractivity (Wildman–Crippen MR) is 119 cm³/mol. The van der Waals surface area contributed by atoms with E-state index < -0.39 is 45.6 Å². The van der Waals surface area contributed by atoms with E-state index in [0.717, 1.165) is 18.8 Å². The minimum Gasteiger partial charge on any atom is -0.447 e. The van der Waals surface area contributed by atoms with Gasteiger partial charge in [0.1, 0.15) is 5.82 Å².